The summed E-state index contributed by atoms with van der Waals surface area (Å²) in [5.41, 5.74) is 1.29. The predicted octanol–water partition coefficient (Wildman–Crippen LogP) is 3.46. The molecular formula is C17H28N2O. The lowest BCUT2D eigenvalue weighted by Crippen LogP contribution is -2.34. The number of aryl methyl sites for hydroxylation is 1. The van der Waals surface area contributed by atoms with Crippen LogP contribution in [0.1, 0.15) is 56.1 Å². The molecule has 1 aliphatic carbocycles. The van der Waals surface area contributed by atoms with Crippen LogP contribution in [-0.2, 0) is 13.1 Å². The zero-order chi connectivity index (χ0) is 13.9. The summed E-state index contributed by atoms with van der Waals surface area (Å²) in [6.07, 6.45) is 7.11. The molecule has 2 unspecified atom stereocenters. The van der Waals surface area contributed by atoms with Crippen molar-refractivity contribution in [1.82, 2.24) is 10.2 Å². The summed E-state index contributed by atoms with van der Waals surface area (Å²) in [6, 6.07) is 3.06. The monoisotopic (exact) mass is 276 g/mol. The third-order valence-electron chi connectivity index (χ3n) is 5.09. The number of nitrogens with zero attached hydrogens (tertiary/aromatic N) is 1. The van der Waals surface area contributed by atoms with Crippen LogP contribution in [0.3, 0.4) is 0 Å². The van der Waals surface area contributed by atoms with Crippen LogP contribution < -0.4 is 5.32 Å². The molecule has 2 atom stereocenters. The zero-order valence-corrected chi connectivity index (χ0v) is 13.0. The van der Waals surface area contributed by atoms with E-state index in [9.17, 15) is 0 Å². The van der Waals surface area contributed by atoms with Gasteiger partial charge in [-0.1, -0.05) is 19.8 Å². The van der Waals surface area contributed by atoms with Gasteiger partial charge in [0.15, 0.2) is 0 Å². The number of likely N-dealkylation sites (tertiary alicyclic amines) is 1. The fraction of sp³-hybridized carbons (Fsp3) is 0.765. The second-order valence-corrected chi connectivity index (χ2v) is 6.47. The van der Waals surface area contributed by atoms with Crippen LogP contribution in [0.15, 0.2) is 10.5 Å². The molecule has 1 saturated heterocycles. The van der Waals surface area contributed by atoms with Gasteiger partial charge in [0, 0.05) is 6.04 Å². The minimum atomic E-state index is 0.825. The first kappa shape index (κ1) is 14.2. The maximum atomic E-state index is 6.05. The zero-order valence-electron chi connectivity index (χ0n) is 13.0. The molecule has 2 heterocycles. The minimum absolute atomic E-state index is 0.825. The van der Waals surface area contributed by atoms with Gasteiger partial charge in [0.2, 0.25) is 0 Å². The van der Waals surface area contributed by atoms with Crippen molar-refractivity contribution in [2.24, 2.45) is 5.92 Å². The molecule has 1 saturated carbocycles. The maximum absolute atomic E-state index is 6.05. The molecule has 0 radical (unpaired) electrons. The average Bonchev–Trinajstić information content (AvgIpc) is 3.01. The van der Waals surface area contributed by atoms with Crippen molar-refractivity contribution in [3.63, 3.8) is 0 Å². The lowest BCUT2D eigenvalue weighted by Gasteiger charge is -2.31. The molecule has 3 heteroatoms. The third-order valence-corrected chi connectivity index (χ3v) is 5.09. The largest absolute Gasteiger partial charge is 0.463 e. The molecule has 2 aliphatic rings. The minimum Gasteiger partial charge on any atom is -0.463 e. The Kier molecular flexibility index (Phi) is 4.47. The molecule has 1 aromatic rings. The van der Waals surface area contributed by atoms with Crippen molar-refractivity contribution in [2.45, 2.75) is 65.1 Å². The molecule has 3 nitrogen and oxygen atoms in total. The van der Waals surface area contributed by atoms with Crippen molar-refractivity contribution in [1.29, 1.82) is 0 Å². The Labute approximate surface area is 122 Å². The van der Waals surface area contributed by atoms with Crippen LogP contribution in [0.5, 0.6) is 0 Å². The van der Waals surface area contributed by atoms with Crippen molar-refractivity contribution in [3.8, 4) is 0 Å². The summed E-state index contributed by atoms with van der Waals surface area (Å²) < 4.78 is 6.05. The molecule has 2 fully saturated rings. The van der Waals surface area contributed by atoms with Crippen molar-refractivity contribution in [3.05, 3.63) is 23.2 Å². The van der Waals surface area contributed by atoms with Gasteiger partial charge in [-0.2, -0.15) is 0 Å². The second-order valence-electron chi connectivity index (χ2n) is 6.47. The van der Waals surface area contributed by atoms with E-state index in [0.717, 1.165) is 43.1 Å². The van der Waals surface area contributed by atoms with Crippen LogP contribution in [0.4, 0.5) is 0 Å². The molecular weight excluding hydrogens is 248 g/mol. The summed E-state index contributed by atoms with van der Waals surface area (Å²) in [5, 5.41) is 3.35. The Morgan fingerprint density at radius 3 is 3.00 bits per heavy atom. The van der Waals surface area contributed by atoms with E-state index in [2.05, 4.69) is 30.1 Å². The number of rotatable bonds is 5. The first-order valence-corrected chi connectivity index (χ1v) is 8.31. The number of hydrogen-bond donors (Lipinski definition) is 1. The van der Waals surface area contributed by atoms with Crippen LogP contribution >= 0.6 is 0 Å². The topological polar surface area (TPSA) is 28.4 Å². The smallest absolute Gasteiger partial charge is 0.120 e. The van der Waals surface area contributed by atoms with E-state index >= 15 is 0 Å². The quantitative estimate of drug-likeness (QED) is 0.892. The highest BCUT2D eigenvalue weighted by molar-refractivity contribution is 5.20. The van der Waals surface area contributed by atoms with Crippen molar-refractivity contribution in [2.75, 3.05) is 13.1 Å². The highest BCUT2D eigenvalue weighted by Crippen LogP contribution is 2.37. The Morgan fingerprint density at radius 1 is 1.30 bits per heavy atom. The van der Waals surface area contributed by atoms with E-state index in [1.807, 2.05) is 0 Å². The van der Waals surface area contributed by atoms with Gasteiger partial charge in [-0.15, -0.1) is 0 Å². The summed E-state index contributed by atoms with van der Waals surface area (Å²) in [4.78, 5) is 2.67. The normalized spacial score (nSPS) is 26.9. The van der Waals surface area contributed by atoms with Crippen molar-refractivity contribution >= 4 is 0 Å². The van der Waals surface area contributed by atoms with Gasteiger partial charge < -0.3 is 9.73 Å². The summed E-state index contributed by atoms with van der Waals surface area (Å²) in [6.45, 7) is 8.41. The molecule has 1 aliphatic heterocycles. The number of furan rings is 1. The standard InChI is InChI=1S/C17H28N2O/c1-3-18-11-17-13(2)10-15(20-17)12-19-9-8-14-6-4-5-7-16(14)19/h10,14,16,18H,3-9,11-12H2,1-2H3. The van der Waals surface area contributed by atoms with Crippen LogP contribution in [0.25, 0.3) is 0 Å². The molecule has 1 aromatic heterocycles. The fourth-order valence-corrected chi connectivity index (χ4v) is 3.98. The van der Waals surface area contributed by atoms with Gasteiger partial charge in [0.25, 0.3) is 0 Å². The van der Waals surface area contributed by atoms with Gasteiger partial charge in [-0.05, 0) is 56.8 Å². The number of hydrogen-bond acceptors (Lipinski definition) is 3. The summed E-state index contributed by atoms with van der Waals surface area (Å²) >= 11 is 0. The van der Waals surface area contributed by atoms with E-state index in [4.69, 9.17) is 4.42 Å². The van der Waals surface area contributed by atoms with E-state index < -0.39 is 0 Å². The maximum Gasteiger partial charge on any atom is 0.120 e. The second kappa shape index (κ2) is 6.31. The third kappa shape index (κ3) is 2.94. The Balaban J connectivity index is 1.62. The number of fused-ring (bicyclic) bond motifs is 1. The van der Waals surface area contributed by atoms with E-state index in [0.29, 0.717) is 0 Å². The van der Waals surface area contributed by atoms with Gasteiger partial charge in [-0.25, -0.2) is 0 Å². The van der Waals surface area contributed by atoms with E-state index in [1.54, 1.807) is 0 Å². The Hall–Kier alpha value is -0.800. The molecule has 0 spiro atoms. The molecule has 3 rings (SSSR count). The average molecular weight is 276 g/mol. The first-order valence-electron chi connectivity index (χ1n) is 8.31. The first-order chi connectivity index (χ1) is 9.78. The van der Waals surface area contributed by atoms with Crippen LogP contribution in [-0.4, -0.2) is 24.0 Å². The summed E-state index contributed by atoms with van der Waals surface area (Å²) in [5.74, 6) is 3.23. The Bertz CT molecular complexity index is 440. The van der Waals surface area contributed by atoms with Gasteiger partial charge in [-0.3, -0.25) is 4.90 Å². The fourth-order valence-electron chi connectivity index (χ4n) is 3.98. The van der Waals surface area contributed by atoms with Crippen LogP contribution in [0, 0.1) is 12.8 Å². The molecule has 112 valence electrons. The molecule has 0 bridgehead atoms. The van der Waals surface area contributed by atoms with Gasteiger partial charge in [0.05, 0.1) is 13.1 Å². The molecule has 1 N–H and O–H groups in total. The Morgan fingerprint density at radius 2 is 2.15 bits per heavy atom. The van der Waals surface area contributed by atoms with Gasteiger partial charge >= 0.3 is 0 Å². The highest BCUT2D eigenvalue weighted by atomic mass is 16.3. The lowest BCUT2D eigenvalue weighted by atomic mass is 9.85. The predicted molar refractivity (Wildman–Crippen MR) is 81.6 cm³/mol. The molecule has 0 aromatic carbocycles. The molecule has 0 amide bonds. The van der Waals surface area contributed by atoms with Gasteiger partial charge in [0.1, 0.15) is 11.5 Å². The lowest BCUT2D eigenvalue weighted by molar-refractivity contribution is 0.164. The SMILES string of the molecule is CCNCc1oc(CN2CCC3CCCCC32)cc1C. The van der Waals surface area contributed by atoms with E-state index in [1.165, 1.54) is 44.2 Å². The van der Waals surface area contributed by atoms with E-state index in [-0.39, 0.29) is 0 Å². The molecule has 20 heavy (non-hydrogen) atoms. The van der Waals surface area contributed by atoms with Crippen LogP contribution in [0.2, 0.25) is 0 Å². The number of nitrogens with one attached hydrogen (secondary N) is 1. The van der Waals surface area contributed by atoms with Crippen molar-refractivity contribution < 1.29 is 4.42 Å². The summed E-state index contributed by atoms with van der Waals surface area (Å²) in [7, 11) is 0. The highest BCUT2D eigenvalue weighted by Gasteiger charge is 2.35.